The third-order valence-corrected chi connectivity index (χ3v) is 2.85. The molecule has 2 rings (SSSR count). The Labute approximate surface area is 90.3 Å². The van der Waals surface area contributed by atoms with Gasteiger partial charge in [0.05, 0.1) is 5.92 Å². The van der Waals surface area contributed by atoms with Gasteiger partial charge in [0.25, 0.3) is 0 Å². The van der Waals surface area contributed by atoms with Crippen LogP contribution in [0.3, 0.4) is 0 Å². The summed E-state index contributed by atoms with van der Waals surface area (Å²) in [6.07, 6.45) is 14.9. The monoisotopic (exact) mass is 201 g/mol. The van der Waals surface area contributed by atoms with Crippen molar-refractivity contribution in [2.75, 3.05) is 13.6 Å². The minimum absolute atomic E-state index is 0.0578. The number of hydrogen-bond acceptors (Lipinski definition) is 1. The second kappa shape index (κ2) is 4.30. The van der Waals surface area contributed by atoms with Gasteiger partial charge in [0.1, 0.15) is 0 Å². The van der Waals surface area contributed by atoms with Crippen LogP contribution in [0.2, 0.25) is 0 Å². The molecule has 1 fully saturated rings. The highest BCUT2D eigenvalue weighted by molar-refractivity contribution is 5.84. The second-order valence-electron chi connectivity index (χ2n) is 3.90. The lowest BCUT2D eigenvalue weighted by Gasteiger charge is -2.11. The van der Waals surface area contributed by atoms with Gasteiger partial charge < -0.3 is 4.90 Å². The number of likely N-dealkylation sites (tertiary alicyclic amines) is 1. The number of rotatable bonds is 1. The smallest absolute Gasteiger partial charge is 0.229 e. The van der Waals surface area contributed by atoms with Crippen molar-refractivity contribution >= 4 is 5.91 Å². The molecule has 1 heterocycles. The largest absolute Gasteiger partial charge is 0.345 e. The SMILES string of the molecule is CN1CCC(C2=C/C=C\C=C/C=C2)C1=O. The fourth-order valence-electron chi connectivity index (χ4n) is 1.95. The lowest BCUT2D eigenvalue weighted by molar-refractivity contribution is -0.128. The zero-order chi connectivity index (χ0) is 10.7. The lowest BCUT2D eigenvalue weighted by atomic mass is 9.96. The van der Waals surface area contributed by atoms with E-state index in [0.29, 0.717) is 0 Å². The molecule has 2 heteroatoms. The van der Waals surface area contributed by atoms with E-state index in [1.807, 2.05) is 49.6 Å². The molecule has 0 saturated carbocycles. The summed E-state index contributed by atoms with van der Waals surface area (Å²) >= 11 is 0. The Hall–Kier alpha value is -1.57. The highest BCUT2D eigenvalue weighted by Crippen LogP contribution is 2.25. The van der Waals surface area contributed by atoms with Crippen molar-refractivity contribution in [3.05, 3.63) is 48.1 Å². The third kappa shape index (κ3) is 2.09. The van der Waals surface area contributed by atoms with E-state index >= 15 is 0 Å². The van der Waals surface area contributed by atoms with Crippen molar-refractivity contribution < 1.29 is 4.79 Å². The fraction of sp³-hybridized carbons (Fsp3) is 0.308. The molecule has 0 aromatic heterocycles. The number of hydrogen-bond donors (Lipinski definition) is 0. The van der Waals surface area contributed by atoms with Crippen molar-refractivity contribution in [3.63, 3.8) is 0 Å². The molecular weight excluding hydrogens is 186 g/mol. The summed E-state index contributed by atoms with van der Waals surface area (Å²) in [5, 5.41) is 0. The molecule has 1 unspecified atom stereocenters. The number of nitrogens with zero attached hydrogens (tertiary/aromatic N) is 1. The van der Waals surface area contributed by atoms with Gasteiger partial charge in [-0.15, -0.1) is 0 Å². The van der Waals surface area contributed by atoms with Gasteiger partial charge >= 0.3 is 0 Å². The molecule has 0 aromatic rings. The first-order valence-electron chi connectivity index (χ1n) is 5.25. The molecule has 1 amide bonds. The minimum Gasteiger partial charge on any atom is -0.345 e. The average molecular weight is 201 g/mol. The van der Waals surface area contributed by atoms with E-state index in [9.17, 15) is 4.79 Å². The van der Waals surface area contributed by atoms with Crippen LogP contribution in [-0.2, 0) is 4.79 Å². The Morgan fingerprint density at radius 3 is 2.67 bits per heavy atom. The highest BCUT2D eigenvalue weighted by Gasteiger charge is 2.30. The van der Waals surface area contributed by atoms with Gasteiger partial charge in [0, 0.05) is 13.6 Å². The number of amides is 1. The zero-order valence-electron chi connectivity index (χ0n) is 8.89. The average Bonchev–Trinajstić information content (AvgIpc) is 2.48. The summed E-state index contributed by atoms with van der Waals surface area (Å²) in [6, 6.07) is 0. The number of allylic oxidation sites excluding steroid dienone is 7. The topological polar surface area (TPSA) is 20.3 Å². The molecule has 1 atom stereocenters. The van der Waals surface area contributed by atoms with Crippen LogP contribution in [-0.4, -0.2) is 24.4 Å². The Morgan fingerprint density at radius 1 is 1.20 bits per heavy atom. The Bertz CT molecular complexity index is 374. The second-order valence-corrected chi connectivity index (χ2v) is 3.90. The molecule has 1 aliphatic carbocycles. The van der Waals surface area contributed by atoms with Crippen LogP contribution in [0.5, 0.6) is 0 Å². The van der Waals surface area contributed by atoms with E-state index < -0.39 is 0 Å². The zero-order valence-corrected chi connectivity index (χ0v) is 8.89. The number of carbonyl (C=O) groups excluding carboxylic acids is 1. The van der Waals surface area contributed by atoms with Crippen LogP contribution >= 0.6 is 0 Å². The molecule has 0 spiro atoms. The fourth-order valence-corrected chi connectivity index (χ4v) is 1.95. The van der Waals surface area contributed by atoms with Crippen molar-refractivity contribution in [2.24, 2.45) is 5.92 Å². The first-order chi connectivity index (χ1) is 7.29. The van der Waals surface area contributed by atoms with Gasteiger partial charge in [-0.05, 0) is 12.0 Å². The molecule has 0 aromatic carbocycles. The quantitative estimate of drug-likeness (QED) is 0.636. The molecule has 0 radical (unpaired) electrons. The van der Waals surface area contributed by atoms with Gasteiger partial charge in [-0.25, -0.2) is 0 Å². The summed E-state index contributed by atoms with van der Waals surface area (Å²) in [5.41, 5.74) is 1.12. The lowest BCUT2D eigenvalue weighted by Crippen LogP contribution is -2.23. The predicted octanol–water partition coefficient (Wildman–Crippen LogP) is 2.07. The summed E-state index contributed by atoms with van der Waals surface area (Å²) < 4.78 is 0. The van der Waals surface area contributed by atoms with Crippen molar-refractivity contribution in [1.82, 2.24) is 4.90 Å². The van der Waals surface area contributed by atoms with Crippen LogP contribution in [0.25, 0.3) is 0 Å². The van der Waals surface area contributed by atoms with Crippen LogP contribution < -0.4 is 0 Å². The Kier molecular flexibility index (Phi) is 2.86. The van der Waals surface area contributed by atoms with Gasteiger partial charge in [-0.2, -0.15) is 0 Å². The molecule has 1 aliphatic heterocycles. The molecule has 1 saturated heterocycles. The van der Waals surface area contributed by atoms with Gasteiger partial charge in [-0.3, -0.25) is 4.79 Å². The molecular formula is C13H15NO. The first-order valence-corrected chi connectivity index (χ1v) is 5.25. The van der Waals surface area contributed by atoms with Crippen molar-refractivity contribution in [3.8, 4) is 0 Å². The predicted molar refractivity (Wildman–Crippen MR) is 61.2 cm³/mol. The summed E-state index contributed by atoms with van der Waals surface area (Å²) in [7, 11) is 1.87. The van der Waals surface area contributed by atoms with E-state index in [1.54, 1.807) is 4.90 Å². The minimum atomic E-state index is 0.0578. The molecule has 78 valence electrons. The van der Waals surface area contributed by atoms with Crippen LogP contribution in [0.15, 0.2) is 48.1 Å². The maximum Gasteiger partial charge on any atom is 0.229 e. The van der Waals surface area contributed by atoms with Crippen LogP contribution in [0, 0.1) is 5.92 Å². The summed E-state index contributed by atoms with van der Waals surface area (Å²) in [4.78, 5) is 13.6. The Balaban J connectivity index is 2.20. The van der Waals surface area contributed by atoms with Crippen LogP contribution in [0.1, 0.15) is 6.42 Å². The van der Waals surface area contributed by atoms with Crippen molar-refractivity contribution in [1.29, 1.82) is 0 Å². The standard InChI is InChI=1S/C13H15NO/c1-14-10-9-12(13(14)15)11-7-5-3-2-4-6-8-11/h2-8,12H,9-10H2,1H3/b3-2-,4-2?,5-3?,6-4-,7-5?,8-6?,11-7?,11-8?. The molecule has 2 aliphatic rings. The van der Waals surface area contributed by atoms with E-state index in [-0.39, 0.29) is 11.8 Å². The highest BCUT2D eigenvalue weighted by atomic mass is 16.2. The van der Waals surface area contributed by atoms with Crippen LogP contribution in [0.4, 0.5) is 0 Å². The third-order valence-electron chi connectivity index (χ3n) is 2.85. The number of carbonyl (C=O) groups is 1. The van der Waals surface area contributed by atoms with E-state index in [2.05, 4.69) is 0 Å². The van der Waals surface area contributed by atoms with Crippen molar-refractivity contribution in [2.45, 2.75) is 6.42 Å². The summed E-state index contributed by atoms with van der Waals surface area (Å²) in [6.45, 7) is 0.869. The first kappa shape index (κ1) is 9.97. The van der Waals surface area contributed by atoms with Gasteiger partial charge in [0.2, 0.25) is 5.91 Å². The maximum absolute atomic E-state index is 11.8. The van der Waals surface area contributed by atoms with E-state index in [0.717, 1.165) is 18.5 Å². The van der Waals surface area contributed by atoms with Gasteiger partial charge in [0.15, 0.2) is 0 Å². The summed E-state index contributed by atoms with van der Waals surface area (Å²) in [5.74, 6) is 0.297. The Morgan fingerprint density at radius 2 is 1.93 bits per heavy atom. The molecule has 2 nitrogen and oxygen atoms in total. The molecule has 0 bridgehead atoms. The molecule has 15 heavy (non-hydrogen) atoms. The molecule has 0 N–H and O–H groups in total. The van der Waals surface area contributed by atoms with Gasteiger partial charge in [-0.1, -0.05) is 42.5 Å². The van der Waals surface area contributed by atoms with E-state index in [4.69, 9.17) is 0 Å². The maximum atomic E-state index is 11.8. The van der Waals surface area contributed by atoms with E-state index in [1.165, 1.54) is 0 Å². The normalized spacial score (nSPS) is 29.7.